The minimum Gasteiger partial charge on any atom is -0.117 e. The predicted octanol–water partition coefficient (Wildman–Crippen LogP) is 2.17. The molecule has 0 aliphatic heterocycles. The molecular formula is C2H3ClN6. The van der Waals surface area contributed by atoms with Gasteiger partial charge in [0.2, 0.25) is 0 Å². The van der Waals surface area contributed by atoms with E-state index in [1.54, 1.807) is 0 Å². The van der Waals surface area contributed by atoms with Crippen molar-refractivity contribution in [2.45, 2.75) is 5.50 Å². The summed E-state index contributed by atoms with van der Waals surface area (Å²) in [5.74, 6) is 0. The van der Waals surface area contributed by atoms with Crippen molar-refractivity contribution >= 4 is 11.6 Å². The minimum atomic E-state index is -0.772. The molecule has 9 heavy (non-hydrogen) atoms. The first-order chi connectivity index (χ1) is 4.31. The molecule has 0 unspecified atom stereocenters. The molecule has 0 aromatic rings. The topological polar surface area (TPSA) is 97.5 Å². The first-order valence-corrected chi connectivity index (χ1v) is 2.44. The second-order valence-electron chi connectivity index (χ2n) is 1.05. The number of halogens is 1. The fourth-order valence-electron chi connectivity index (χ4n) is 0.196. The number of hydrogen-bond donors (Lipinski definition) is 0. The maximum Gasteiger partial charge on any atom is 0.118 e. The van der Waals surface area contributed by atoms with Crippen molar-refractivity contribution in [3.8, 4) is 0 Å². The lowest BCUT2D eigenvalue weighted by Crippen LogP contribution is -1.94. The number of alkyl halides is 1. The quantitative estimate of drug-likeness (QED) is 0.192. The van der Waals surface area contributed by atoms with Crippen LogP contribution in [0.2, 0.25) is 0 Å². The summed E-state index contributed by atoms with van der Waals surface area (Å²) in [7, 11) is 0. The fourth-order valence-corrected chi connectivity index (χ4v) is 0.297. The molecule has 6 nitrogen and oxygen atoms in total. The van der Waals surface area contributed by atoms with Crippen LogP contribution in [0.15, 0.2) is 10.2 Å². The zero-order chi connectivity index (χ0) is 7.11. The van der Waals surface area contributed by atoms with Crippen molar-refractivity contribution < 1.29 is 0 Å². The van der Waals surface area contributed by atoms with E-state index >= 15 is 0 Å². The molecule has 0 aliphatic carbocycles. The van der Waals surface area contributed by atoms with Crippen molar-refractivity contribution in [3.05, 3.63) is 20.9 Å². The van der Waals surface area contributed by atoms with Crippen LogP contribution in [0.3, 0.4) is 0 Å². The molecule has 0 radical (unpaired) electrons. The van der Waals surface area contributed by atoms with Crippen LogP contribution in [-0.4, -0.2) is 12.0 Å². The Morgan fingerprint density at radius 1 is 1.44 bits per heavy atom. The molecule has 0 aliphatic rings. The number of azide groups is 2. The van der Waals surface area contributed by atoms with Crippen LogP contribution < -0.4 is 0 Å². The lowest BCUT2D eigenvalue weighted by molar-refractivity contribution is 0.882. The highest BCUT2D eigenvalue weighted by Crippen LogP contribution is 1.97. The summed E-state index contributed by atoms with van der Waals surface area (Å²) in [6.07, 6.45) is 0. The summed E-state index contributed by atoms with van der Waals surface area (Å²) in [6, 6.07) is 0. The summed E-state index contributed by atoms with van der Waals surface area (Å²) in [6.45, 7) is -0.0118. The first-order valence-electron chi connectivity index (χ1n) is 2.00. The second kappa shape index (κ2) is 5.05. The van der Waals surface area contributed by atoms with Gasteiger partial charge in [-0.15, -0.1) is 11.6 Å². The lowest BCUT2D eigenvalue weighted by Gasteiger charge is -1.89. The largest absolute Gasteiger partial charge is 0.118 e. The number of rotatable bonds is 3. The standard InChI is InChI=1S/C2H3ClN6/c3-2(7-9-5)1-6-8-4/h2H,1H2/t2-/m0/s1. The van der Waals surface area contributed by atoms with Crippen molar-refractivity contribution in [2.24, 2.45) is 10.2 Å². The highest BCUT2D eigenvalue weighted by atomic mass is 35.5. The predicted molar refractivity (Wildman–Crippen MR) is 32.8 cm³/mol. The molecule has 0 heterocycles. The first kappa shape index (κ1) is 7.91. The Hall–Kier alpha value is -1.09. The van der Waals surface area contributed by atoms with Crippen LogP contribution in [-0.2, 0) is 0 Å². The van der Waals surface area contributed by atoms with Gasteiger partial charge in [-0.3, -0.25) is 0 Å². The normalized spacial score (nSPS) is 10.8. The minimum absolute atomic E-state index is 0.0118. The Morgan fingerprint density at radius 2 is 2.11 bits per heavy atom. The highest BCUT2D eigenvalue weighted by Gasteiger charge is 1.95. The lowest BCUT2D eigenvalue weighted by atomic mass is 10.7. The third-order valence-corrected chi connectivity index (χ3v) is 0.698. The van der Waals surface area contributed by atoms with E-state index < -0.39 is 5.50 Å². The van der Waals surface area contributed by atoms with Crippen molar-refractivity contribution in [1.82, 2.24) is 0 Å². The molecule has 0 aromatic heterocycles. The number of hydrogen-bond acceptors (Lipinski definition) is 2. The van der Waals surface area contributed by atoms with Crippen LogP contribution in [0.4, 0.5) is 0 Å². The van der Waals surface area contributed by atoms with E-state index in [1.807, 2.05) is 0 Å². The Balaban J connectivity index is 3.62. The highest BCUT2D eigenvalue weighted by molar-refractivity contribution is 6.20. The molecule has 0 aromatic carbocycles. The third kappa shape index (κ3) is 4.77. The summed E-state index contributed by atoms with van der Waals surface area (Å²) < 4.78 is 0. The van der Waals surface area contributed by atoms with Gasteiger partial charge in [-0.05, 0) is 11.1 Å². The summed E-state index contributed by atoms with van der Waals surface area (Å²) in [5.41, 5.74) is 14.8. The van der Waals surface area contributed by atoms with E-state index in [0.29, 0.717) is 0 Å². The van der Waals surface area contributed by atoms with Crippen molar-refractivity contribution in [2.75, 3.05) is 6.54 Å². The van der Waals surface area contributed by atoms with Crippen LogP contribution >= 0.6 is 11.6 Å². The van der Waals surface area contributed by atoms with Gasteiger partial charge in [0.25, 0.3) is 0 Å². The van der Waals surface area contributed by atoms with E-state index in [2.05, 4.69) is 20.1 Å². The average Bonchev–Trinajstić information content (AvgIpc) is 1.85. The Bertz CT molecular complexity index is 164. The molecule has 0 spiro atoms. The molecule has 0 saturated carbocycles. The zero-order valence-electron chi connectivity index (χ0n) is 4.35. The van der Waals surface area contributed by atoms with Gasteiger partial charge in [0.05, 0.1) is 0 Å². The third-order valence-electron chi connectivity index (χ3n) is 0.472. The molecular weight excluding hydrogens is 144 g/mol. The molecule has 0 amide bonds. The molecule has 7 heteroatoms. The molecule has 48 valence electrons. The van der Waals surface area contributed by atoms with Gasteiger partial charge in [0.1, 0.15) is 5.50 Å². The van der Waals surface area contributed by atoms with Gasteiger partial charge in [0, 0.05) is 16.4 Å². The van der Waals surface area contributed by atoms with E-state index in [4.69, 9.17) is 22.7 Å². The van der Waals surface area contributed by atoms with E-state index in [9.17, 15) is 0 Å². The van der Waals surface area contributed by atoms with Crippen LogP contribution in [0, 0.1) is 0 Å². The fraction of sp³-hybridized carbons (Fsp3) is 1.00. The summed E-state index contributed by atoms with van der Waals surface area (Å²) in [5, 5.41) is 6.12. The number of nitrogens with zero attached hydrogens (tertiary/aromatic N) is 6. The van der Waals surface area contributed by atoms with Gasteiger partial charge in [-0.1, -0.05) is 10.2 Å². The van der Waals surface area contributed by atoms with Gasteiger partial charge < -0.3 is 0 Å². The van der Waals surface area contributed by atoms with Gasteiger partial charge in [-0.25, -0.2) is 0 Å². The molecule has 0 N–H and O–H groups in total. The SMILES string of the molecule is [N-]=[N+]=NC[C@@H](Cl)N=[N+]=[N-]. The molecule has 1 atom stereocenters. The van der Waals surface area contributed by atoms with Gasteiger partial charge in [0.15, 0.2) is 0 Å². The monoisotopic (exact) mass is 146 g/mol. The smallest absolute Gasteiger partial charge is 0.117 e. The Morgan fingerprint density at radius 3 is 2.56 bits per heavy atom. The average molecular weight is 147 g/mol. The van der Waals surface area contributed by atoms with Crippen LogP contribution in [0.25, 0.3) is 20.9 Å². The Labute approximate surface area is 55.7 Å². The summed E-state index contributed by atoms with van der Waals surface area (Å²) >= 11 is 5.27. The van der Waals surface area contributed by atoms with E-state index in [0.717, 1.165) is 0 Å². The second-order valence-corrected chi connectivity index (χ2v) is 1.56. The van der Waals surface area contributed by atoms with Crippen molar-refractivity contribution in [1.29, 1.82) is 0 Å². The van der Waals surface area contributed by atoms with Gasteiger partial charge in [-0.2, -0.15) is 0 Å². The molecule has 0 saturated heterocycles. The van der Waals surface area contributed by atoms with E-state index in [1.165, 1.54) is 0 Å². The van der Waals surface area contributed by atoms with Crippen LogP contribution in [0.1, 0.15) is 0 Å². The molecule has 0 fully saturated rings. The van der Waals surface area contributed by atoms with E-state index in [-0.39, 0.29) is 6.54 Å². The van der Waals surface area contributed by atoms with Gasteiger partial charge >= 0.3 is 0 Å². The maximum atomic E-state index is 7.78. The molecule has 0 bridgehead atoms. The summed E-state index contributed by atoms with van der Waals surface area (Å²) in [4.78, 5) is 4.81. The molecule has 0 rings (SSSR count). The Kier molecular flexibility index (Phi) is 4.44. The maximum absolute atomic E-state index is 7.78. The van der Waals surface area contributed by atoms with Crippen molar-refractivity contribution in [3.63, 3.8) is 0 Å². The van der Waals surface area contributed by atoms with Crippen LogP contribution in [0.5, 0.6) is 0 Å². The zero-order valence-corrected chi connectivity index (χ0v) is 5.10.